The Morgan fingerprint density at radius 2 is 2.06 bits per heavy atom. The second-order valence-electron chi connectivity index (χ2n) is 3.46. The highest BCUT2D eigenvalue weighted by atomic mass is 79.9. The maximum absolute atomic E-state index is 8.67. The summed E-state index contributed by atoms with van der Waals surface area (Å²) in [4.78, 5) is 0. The fourth-order valence-electron chi connectivity index (χ4n) is 1.41. The third-order valence-electron chi connectivity index (χ3n) is 2.20. The SMILES string of the molecule is OCCNc1ccc(-c2cccc(Br)c2)nn1. The van der Waals surface area contributed by atoms with E-state index in [1.54, 1.807) is 0 Å². The van der Waals surface area contributed by atoms with Gasteiger partial charge in [-0.05, 0) is 24.3 Å². The number of aromatic nitrogens is 2. The number of anilines is 1. The van der Waals surface area contributed by atoms with Crippen LogP contribution in [0.3, 0.4) is 0 Å². The van der Waals surface area contributed by atoms with E-state index in [0.29, 0.717) is 12.4 Å². The van der Waals surface area contributed by atoms with E-state index < -0.39 is 0 Å². The van der Waals surface area contributed by atoms with Crippen molar-refractivity contribution in [3.8, 4) is 11.3 Å². The molecule has 2 rings (SSSR count). The summed E-state index contributed by atoms with van der Waals surface area (Å²) >= 11 is 3.42. The molecule has 0 unspecified atom stereocenters. The summed E-state index contributed by atoms with van der Waals surface area (Å²) < 4.78 is 1.01. The molecule has 0 saturated carbocycles. The molecule has 0 saturated heterocycles. The topological polar surface area (TPSA) is 58.0 Å². The third-order valence-corrected chi connectivity index (χ3v) is 2.70. The number of nitrogens with zero attached hydrogens (tertiary/aromatic N) is 2. The first-order valence-electron chi connectivity index (χ1n) is 5.24. The van der Waals surface area contributed by atoms with Crippen LogP contribution in [0.2, 0.25) is 0 Å². The molecule has 1 aromatic heterocycles. The molecule has 88 valence electrons. The Hall–Kier alpha value is -1.46. The number of benzene rings is 1. The van der Waals surface area contributed by atoms with Crippen molar-refractivity contribution in [1.82, 2.24) is 10.2 Å². The zero-order valence-corrected chi connectivity index (χ0v) is 10.7. The number of nitrogens with one attached hydrogen (secondary N) is 1. The Morgan fingerprint density at radius 3 is 2.71 bits per heavy atom. The molecule has 0 spiro atoms. The van der Waals surface area contributed by atoms with Gasteiger partial charge in [0, 0.05) is 16.6 Å². The van der Waals surface area contributed by atoms with Gasteiger partial charge in [-0.3, -0.25) is 0 Å². The van der Waals surface area contributed by atoms with Crippen LogP contribution in [0, 0.1) is 0 Å². The summed E-state index contributed by atoms with van der Waals surface area (Å²) in [5, 5.41) is 19.8. The highest BCUT2D eigenvalue weighted by Gasteiger charge is 2.01. The minimum absolute atomic E-state index is 0.0784. The molecule has 0 radical (unpaired) electrons. The molecule has 0 bridgehead atoms. The van der Waals surface area contributed by atoms with E-state index in [-0.39, 0.29) is 6.61 Å². The van der Waals surface area contributed by atoms with Crippen LogP contribution in [0.5, 0.6) is 0 Å². The minimum Gasteiger partial charge on any atom is -0.395 e. The van der Waals surface area contributed by atoms with Gasteiger partial charge in [0.05, 0.1) is 12.3 Å². The van der Waals surface area contributed by atoms with E-state index in [1.807, 2.05) is 36.4 Å². The highest BCUT2D eigenvalue weighted by Crippen LogP contribution is 2.21. The van der Waals surface area contributed by atoms with Crippen LogP contribution in [0.15, 0.2) is 40.9 Å². The molecule has 1 aromatic carbocycles. The number of aliphatic hydroxyl groups excluding tert-OH is 1. The van der Waals surface area contributed by atoms with Crippen LogP contribution in [-0.2, 0) is 0 Å². The van der Waals surface area contributed by atoms with Gasteiger partial charge >= 0.3 is 0 Å². The number of halogens is 1. The summed E-state index contributed by atoms with van der Waals surface area (Å²) in [7, 11) is 0. The van der Waals surface area contributed by atoms with Crippen molar-refractivity contribution in [3.05, 3.63) is 40.9 Å². The Morgan fingerprint density at radius 1 is 1.18 bits per heavy atom. The molecule has 0 fully saturated rings. The van der Waals surface area contributed by atoms with Gasteiger partial charge in [-0.25, -0.2) is 0 Å². The first-order valence-corrected chi connectivity index (χ1v) is 6.03. The van der Waals surface area contributed by atoms with E-state index >= 15 is 0 Å². The number of hydrogen-bond donors (Lipinski definition) is 2. The van der Waals surface area contributed by atoms with Crippen molar-refractivity contribution in [2.45, 2.75) is 0 Å². The lowest BCUT2D eigenvalue weighted by atomic mass is 10.1. The van der Waals surface area contributed by atoms with Crippen molar-refractivity contribution in [2.24, 2.45) is 0 Å². The van der Waals surface area contributed by atoms with Crippen molar-refractivity contribution in [2.75, 3.05) is 18.5 Å². The Kier molecular flexibility index (Phi) is 4.06. The molecule has 0 amide bonds. The van der Waals surface area contributed by atoms with Crippen LogP contribution < -0.4 is 5.32 Å². The van der Waals surface area contributed by atoms with E-state index in [1.165, 1.54) is 0 Å². The number of hydrogen-bond acceptors (Lipinski definition) is 4. The van der Waals surface area contributed by atoms with E-state index in [0.717, 1.165) is 15.7 Å². The fraction of sp³-hybridized carbons (Fsp3) is 0.167. The molecule has 5 heteroatoms. The molecule has 1 heterocycles. The second-order valence-corrected chi connectivity index (χ2v) is 4.38. The molecular formula is C12H12BrN3O. The molecule has 17 heavy (non-hydrogen) atoms. The first kappa shape index (κ1) is 12.0. The Bertz CT molecular complexity index is 487. The molecule has 4 nitrogen and oxygen atoms in total. The van der Waals surface area contributed by atoms with Gasteiger partial charge in [-0.1, -0.05) is 28.1 Å². The molecule has 2 aromatic rings. The van der Waals surface area contributed by atoms with E-state index in [9.17, 15) is 0 Å². The molecule has 2 N–H and O–H groups in total. The summed E-state index contributed by atoms with van der Waals surface area (Å²) in [6.45, 7) is 0.556. The predicted molar refractivity (Wildman–Crippen MR) is 70.7 cm³/mol. The van der Waals surface area contributed by atoms with E-state index in [2.05, 4.69) is 31.4 Å². The summed E-state index contributed by atoms with van der Waals surface area (Å²) in [6, 6.07) is 11.6. The van der Waals surface area contributed by atoms with Gasteiger partial charge in [0.25, 0.3) is 0 Å². The van der Waals surface area contributed by atoms with Crippen LogP contribution in [0.4, 0.5) is 5.82 Å². The molecule has 0 aliphatic carbocycles. The van der Waals surface area contributed by atoms with Gasteiger partial charge in [0.2, 0.25) is 0 Å². The summed E-state index contributed by atoms with van der Waals surface area (Å²) in [5.41, 5.74) is 1.83. The second kappa shape index (κ2) is 5.75. The van der Waals surface area contributed by atoms with Crippen molar-refractivity contribution in [1.29, 1.82) is 0 Å². The van der Waals surface area contributed by atoms with E-state index in [4.69, 9.17) is 5.11 Å². The van der Waals surface area contributed by atoms with Crippen molar-refractivity contribution >= 4 is 21.7 Å². The number of rotatable bonds is 4. The maximum atomic E-state index is 8.67. The predicted octanol–water partition coefficient (Wildman–Crippen LogP) is 2.31. The Balaban J connectivity index is 2.17. The third kappa shape index (κ3) is 3.25. The largest absolute Gasteiger partial charge is 0.395 e. The summed E-state index contributed by atoms with van der Waals surface area (Å²) in [6.07, 6.45) is 0. The maximum Gasteiger partial charge on any atom is 0.148 e. The lowest BCUT2D eigenvalue weighted by Crippen LogP contribution is -2.07. The fourth-order valence-corrected chi connectivity index (χ4v) is 1.81. The zero-order valence-electron chi connectivity index (χ0n) is 9.10. The van der Waals surface area contributed by atoms with Crippen LogP contribution in [0.25, 0.3) is 11.3 Å². The normalized spacial score (nSPS) is 10.2. The molecular weight excluding hydrogens is 282 g/mol. The highest BCUT2D eigenvalue weighted by molar-refractivity contribution is 9.10. The van der Waals surface area contributed by atoms with Gasteiger partial charge < -0.3 is 10.4 Å². The summed E-state index contributed by atoms with van der Waals surface area (Å²) in [5.74, 6) is 0.665. The van der Waals surface area contributed by atoms with Crippen LogP contribution >= 0.6 is 15.9 Å². The lowest BCUT2D eigenvalue weighted by molar-refractivity contribution is 0.311. The lowest BCUT2D eigenvalue weighted by Gasteiger charge is -2.04. The molecule has 0 aliphatic rings. The first-order chi connectivity index (χ1) is 8.29. The number of aliphatic hydroxyl groups is 1. The molecule has 0 aliphatic heterocycles. The standard InChI is InChI=1S/C12H12BrN3O/c13-10-3-1-2-9(8-10)11-4-5-12(16-15-11)14-6-7-17/h1-5,8,17H,6-7H2,(H,14,16). The zero-order chi connectivity index (χ0) is 12.1. The van der Waals surface area contributed by atoms with Gasteiger partial charge in [-0.15, -0.1) is 10.2 Å². The van der Waals surface area contributed by atoms with Crippen LogP contribution in [-0.4, -0.2) is 28.5 Å². The Labute approximate surface area is 108 Å². The average Bonchev–Trinajstić information content (AvgIpc) is 2.37. The van der Waals surface area contributed by atoms with Gasteiger partial charge in [0.15, 0.2) is 0 Å². The quantitative estimate of drug-likeness (QED) is 0.908. The van der Waals surface area contributed by atoms with Crippen molar-refractivity contribution < 1.29 is 5.11 Å². The average molecular weight is 294 g/mol. The van der Waals surface area contributed by atoms with Crippen LogP contribution in [0.1, 0.15) is 0 Å². The monoisotopic (exact) mass is 293 g/mol. The minimum atomic E-state index is 0.0784. The molecule has 0 atom stereocenters. The van der Waals surface area contributed by atoms with Gasteiger partial charge in [0.1, 0.15) is 5.82 Å². The van der Waals surface area contributed by atoms with Gasteiger partial charge in [-0.2, -0.15) is 0 Å². The van der Waals surface area contributed by atoms with Crippen molar-refractivity contribution in [3.63, 3.8) is 0 Å². The smallest absolute Gasteiger partial charge is 0.148 e.